The van der Waals surface area contributed by atoms with Crippen LogP contribution in [0.15, 0.2) is 42.5 Å². The van der Waals surface area contributed by atoms with E-state index in [9.17, 15) is 22.8 Å². The number of carbonyl (C=O) groups is 2. The van der Waals surface area contributed by atoms with Crippen molar-refractivity contribution < 1.29 is 22.8 Å². The van der Waals surface area contributed by atoms with Gasteiger partial charge in [0.15, 0.2) is 0 Å². The minimum Gasteiger partial charge on any atom is -0.326 e. The molecule has 7 heteroatoms. The molecule has 1 fully saturated rings. The highest BCUT2D eigenvalue weighted by Gasteiger charge is 2.48. The maximum absolute atomic E-state index is 13.0. The van der Waals surface area contributed by atoms with Gasteiger partial charge >= 0.3 is 6.18 Å². The summed E-state index contributed by atoms with van der Waals surface area (Å²) in [6.07, 6.45) is -4.25. The minimum atomic E-state index is -4.56. The number of alkyl halides is 3. The molecule has 1 aliphatic rings. The summed E-state index contributed by atoms with van der Waals surface area (Å²) in [6, 6.07) is 10.3. The van der Waals surface area contributed by atoms with Gasteiger partial charge in [-0.05, 0) is 49.6 Å². The van der Waals surface area contributed by atoms with E-state index in [1.165, 1.54) is 18.2 Å². The highest BCUT2D eigenvalue weighted by Crippen LogP contribution is 2.41. The van der Waals surface area contributed by atoms with E-state index >= 15 is 0 Å². The van der Waals surface area contributed by atoms with E-state index in [0.717, 1.165) is 17.2 Å². The quantitative estimate of drug-likeness (QED) is 0.823. The van der Waals surface area contributed by atoms with Gasteiger partial charge in [-0.15, -0.1) is 0 Å². The van der Waals surface area contributed by atoms with Crippen LogP contribution in [0.1, 0.15) is 23.1 Å². The van der Waals surface area contributed by atoms with Crippen molar-refractivity contribution in [3.63, 3.8) is 0 Å². The molecule has 2 atom stereocenters. The van der Waals surface area contributed by atoms with Crippen molar-refractivity contribution in [1.29, 1.82) is 0 Å². The molecule has 0 bridgehead atoms. The largest absolute Gasteiger partial charge is 0.418 e. The molecule has 0 spiro atoms. The Bertz CT molecular complexity index is 893. The van der Waals surface area contributed by atoms with Gasteiger partial charge in [-0.2, -0.15) is 13.2 Å². The minimum absolute atomic E-state index is 0.296. The molecular formula is C20H19F3N2O2. The molecule has 0 aromatic heterocycles. The number of nitrogens with one attached hydrogen (secondary N) is 2. The standard InChI is InChI=1S/C20H19F3N2O2/c1-11-6-5-9-16(12(11)2)24-18(26)13-10-14(13)19(27)25-17-8-4-3-7-15(17)20(21,22)23/h3-9,13-14H,10H2,1-2H3,(H,24,26)(H,25,27). The number of rotatable bonds is 4. The van der Waals surface area contributed by atoms with Crippen molar-refractivity contribution in [3.8, 4) is 0 Å². The maximum Gasteiger partial charge on any atom is 0.418 e. The Balaban J connectivity index is 1.64. The highest BCUT2D eigenvalue weighted by atomic mass is 19.4. The fraction of sp³-hybridized carbons (Fsp3) is 0.300. The summed E-state index contributed by atoms with van der Waals surface area (Å²) >= 11 is 0. The molecule has 2 aromatic rings. The molecule has 2 unspecified atom stereocenters. The van der Waals surface area contributed by atoms with Crippen LogP contribution in [0.3, 0.4) is 0 Å². The van der Waals surface area contributed by atoms with E-state index in [2.05, 4.69) is 10.6 Å². The predicted octanol–water partition coefficient (Wildman–Crippen LogP) is 4.54. The van der Waals surface area contributed by atoms with Gasteiger partial charge in [0.1, 0.15) is 0 Å². The molecule has 0 radical (unpaired) electrons. The lowest BCUT2D eigenvalue weighted by Crippen LogP contribution is -2.22. The van der Waals surface area contributed by atoms with Crippen LogP contribution in [0, 0.1) is 25.7 Å². The smallest absolute Gasteiger partial charge is 0.326 e. The SMILES string of the molecule is Cc1cccc(NC(=O)C2CC2C(=O)Nc2ccccc2C(F)(F)F)c1C. The first kappa shape index (κ1) is 18.9. The van der Waals surface area contributed by atoms with E-state index in [1.54, 1.807) is 6.07 Å². The van der Waals surface area contributed by atoms with Crippen molar-refractivity contribution in [2.45, 2.75) is 26.4 Å². The van der Waals surface area contributed by atoms with Crippen LogP contribution < -0.4 is 10.6 Å². The topological polar surface area (TPSA) is 58.2 Å². The number of hydrogen-bond acceptors (Lipinski definition) is 2. The summed E-state index contributed by atoms with van der Waals surface area (Å²) in [4.78, 5) is 24.6. The van der Waals surface area contributed by atoms with Gasteiger partial charge in [-0.3, -0.25) is 9.59 Å². The highest BCUT2D eigenvalue weighted by molar-refractivity contribution is 6.03. The molecule has 4 nitrogen and oxygen atoms in total. The van der Waals surface area contributed by atoms with Crippen LogP contribution in [0.25, 0.3) is 0 Å². The van der Waals surface area contributed by atoms with Gasteiger partial charge < -0.3 is 10.6 Å². The van der Waals surface area contributed by atoms with E-state index in [1.807, 2.05) is 26.0 Å². The number of aryl methyl sites for hydroxylation is 1. The number of halogens is 3. The third kappa shape index (κ3) is 4.13. The van der Waals surface area contributed by atoms with Gasteiger partial charge in [-0.1, -0.05) is 24.3 Å². The van der Waals surface area contributed by atoms with Crippen LogP contribution >= 0.6 is 0 Å². The Kier molecular flexibility index (Phi) is 4.95. The van der Waals surface area contributed by atoms with E-state index in [4.69, 9.17) is 0 Å². The summed E-state index contributed by atoms with van der Waals surface area (Å²) in [7, 11) is 0. The number of amides is 2. The van der Waals surface area contributed by atoms with Gasteiger partial charge in [0, 0.05) is 5.69 Å². The molecule has 1 saturated carbocycles. The fourth-order valence-electron chi connectivity index (χ4n) is 2.95. The van der Waals surface area contributed by atoms with Crippen LogP contribution in [-0.4, -0.2) is 11.8 Å². The van der Waals surface area contributed by atoms with Crippen LogP contribution in [0.4, 0.5) is 24.5 Å². The zero-order valence-corrected chi connectivity index (χ0v) is 14.9. The molecule has 0 heterocycles. The first-order valence-electron chi connectivity index (χ1n) is 8.52. The first-order chi connectivity index (χ1) is 12.7. The molecule has 3 rings (SSSR count). The van der Waals surface area contributed by atoms with Gasteiger partial charge in [0.05, 0.1) is 23.1 Å². The Morgan fingerprint density at radius 3 is 2.07 bits per heavy atom. The second-order valence-electron chi connectivity index (χ2n) is 6.72. The predicted molar refractivity (Wildman–Crippen MR) is 96.2 cm³/mol. The van der Waals surface area contributed by atoms with Crippen molar-refractivity contribution in [3.05, 3.63) is 59.2 Å². The van der Waals surface area contributed by atoms with Crippen LogP contribution in [-0.2, 0) is 15.8 Å². The van der Waals surface area contributed by atoms with Crippen LogP contribution in [0.2, 0.25) is 0 Å². The van der Waals surface area contributed by atoms with Crippen LogP contribution in [0.5, 0.6) is 0 Å². The summed E-state index contributed by atoms with van der Waals surface area (Å²) < 4.78 is 39.1. The first-order valence-corrected chi connectivity index (χ1v) is 8.52. The van der Waals surface area contributed by atoms with Gasteiger partial charge in [0.25, 0.3) is 0 Å². The zero-order chi connectivity index (χ0) is 19.8. The lowest BCUT2D eigenvalue weighted by molar-refractivity contribution is -0.137. The van der Waals surface area contributed by atoms with E-state index < -0.39 is 29.5 Å². The molecule has 27 heavy (non-hydrogen) atoms. The van der Waals surface area contributed by atoms with Crippen molar-refractivity contribution in [2.75, 3.05) is 10.6 Å². The number of para-hydroxylation sites is 1. The monoisotopic (exact) mass is 376 g/mol. The third-order valence-electron chi connectivity index (χ3n) is 4.82. The summed E-state index contributed by atoms with van der Waals surface area (Å²) in [5.74, 6) is -2.04. The van der Waals surface area contributed by atoms with Gasteiger partial charge in [-0.25, -0.2) is 0 Å². The van der Waals surface area contributed by atoms with E-state index in [0.29, 0.717) is 12.1 Å². The molecule has 2 N–H and O–H groups in total. The van der Waals surface area contributed by atoms with Crippen molar-refractivity contribution >= 4 is 23.2 Å². The molecule has 142 valence electrons. The second-order valence-corrected chi connectivity index (χ2v) is 6.72. The molecule has 0 aliphatic heterocycles. The average molecular weight is 376 g/mol. The zero-order valence-electron chi connectivity index (χ0n) is 14.9. The Morgan fingerprint density at radius 2 is 1.44 bits per heavy atom. The Hall–Kier alpha value is -2.83. The average Bonchev–Trinajstić information content (AvgIpc) is 3.39. The molecule has 0 saturated heterocycles. The van der Waals surface area contributed by atoms with Crippen molar-refractivity contribution in [2.24, 2.45) is 11.8 Å². The fourth-order valence-corrected chi connectivity index (χ4v) is 2.95. The summed E-state index contributed by atoms with van der Waals surface area (Å²) in [6.45, 7) is 3.81. The maximum atomic E-state index is 13.0. The number of hydrogen-bond donors (Lipinski definition) is 2. The number of benzene rings is 2. The Labute approximate surface area is 154 Å². The molecule has 2 aromatic carbocycles. The lowest BCUT2D eigenvalue weighted by Gasteiger charge is -2.13. The summed E-state index contributed by atoms with van der Waals surface area (Å²) in [5.41, 5.74) is 1.44. The number of anilines is 2. The van der Waals surface area contributed by atoms with E-state index in [-0.39, 0.29) is 11.6 Å². The lowest BCUT2D eigenvalue weighted by atomic mass is 10.1. The number of carbonyl (C=O) groups excluding carboxylic acids is 2. The normalized spacial score (nSPS) is 18.7. The molecule has 2 amide bonds. The van der Waals surface area contributed by atoms with Crippen molar-refractivity contribution in [1.82, 2.24) is 0 Å². The second kappa shape index (κ2) is 7.06. The third-order valence-corrected chi connectivity index (χ3v) is 4.82. The summed E-state index contributed by atoms with van der Waals surface area (Å²) in [5, 5.41) is 5.11. The molecular weight excluding hydrogens is 357 g/mol. The Morgan fingerprint density at radius 1 is 0.889 bits per heavy atom. The molecule has 1 aliphatic carbocycles. The van der Waals surface area contributed by atoms with Gasteiger partial charge in [0.2, 0.25) is 11.8 Å².